The number of alkyl carbamates (subject to hydrolysis) is 1. The number of ether oxygens (including phenoxy) is 4. The van der Waals surface area contributed by atoms with Crippen LogP contribution in [-0.2, 0) is 30.7 Å². The molecule has 1 aliphatic heterocycles. The molecule has 2 aliphatic rings. The van der Waals surface area contributed by atoms with Crippen molar-refractivity contribution in [3.8, 4) is 5.75 Å². The van der Waals surface area contributed by atoms with Gasteiger partial charge in [0.25, 0.3) is 0 Å². The first-order chi connectivity index (χ1) is 19.2. The van der Waals surface area contributed by atoms with Crippen LogP contribution in [0.1, 0.15) is 32.3 Å². The summed E-state index contributed by atoms with van der Waals surface area (Å²) in [5.74, 6) is 0.542. The summed E-state index contributed by atoms with van der Waals surface area (Å²) in [6, 6.07) is 14.7. The lowest BCUT2D eigenvalue weighted by molar-refractivity contribution is -0.124. The Morgan fingerprint density at radius 1 is 1.02 bits per heavy atom. The van der Waals surface area contributed by atoms with Crippen LogP contribution in [0.15, 0.2) is 59.5 Å². The Bertz CT molecular complexity index is 1180. The van der Waals surface area contributed by atoms with Crippen LogP contribution in [0, 0.1) is 5.92 Å². The van der Waals surface area contributed by atoms with Gasteiger partial charge in [-0.1, -0.05) is 44.2 Å². The van der Waals surface area contributed by atoms with Crippen molar-refractivity contribution in [1.82, 2.24) is 9.62 Å². The second-order valence-electron chi connectivity index (χ2n) is 10.7. The summed E-state index contributed by atoms with van der Waals surface area (Å²) in [6.07, 6.45) is -1.05. The molecule has 1 unspecified atom stereocenters. The van der Waals surface area contributed by atoms with E-state index in [4.69, 9.17) is 18.9 Å². The molecule has 11 heteroatoms. The van der Waals surface area contributed by atoms with E-state index in [-0.39, 0.29) is 48.6 Å². The lowest BCUT2D eigenvalue weighted by Crippen LogP contribution is -2.51. The Labute approximate surface area is 236 Å². The summed E-state index contributed by atoms with van der Waals surface area (Å²) >= 11 is 0. The number of carbonyl (C=O) groups excluding carboxylic acids is 1. The smallest absolute Gasteiger partial charge is 0.407 e. The number of hydrogen-bond acceptors (Lipinski definition) is 8. The molecule has 4 rings (SSSR count). The highest BCUT2D eigenvalue weighted by Gasteiger charge is 2.40. The third kappa shape index (κ3) is 7.94. The van der Waals surface area contributed by atoms with Gasteiger partial charge in [0.15, 0.2) is 0 Å². The Morgan fingerprint density at radius 3 is 2.23 bits per heavy atom. The molecule has 1 saturated heterocycles. The maximum absolute atomic E-state index is 13.6. The molecule has 1 heterocycles. The summed E-state index contributed by atoms with van der Waals surface area (Å²) in [5, 5.41) is 14.2. The average molecular weight is 577 g/mol. The van der Waals surface area contributed by atoms with E-state index in [2.05, 4.69) is 5.32 Å². The van der Waals surface area contributed by atoms with Crippen molar-refractivity contribution < 1.29 is 37.3 Å². The lowest BCUT2D eigenvalue weighted by Gasteiger charge is -2.30. The van der Waals surface area contributed by atoms with Gasteiger partial charge in [0.2, 0.25) is 10.0 Å². The molecule has 40 heavy (non-hydrogen) atoms. The monoisotopic (exact) mass is 576 g/mol. The molecule has 1 amide bonds. The molecule has 2 N–H and O–H groups in total. The minimum absolute atomic E-state index is 0.000980. The summed E-state index contributed by atoms with van der Waals surface area (Å²) in [5.41, 5.74) is 0.883. The highest BCUT2D eigenvalue weighted by molar-refractivity contribution is 7.89. The minimum Gasteiger partial charge on any atom is -0.497 e. The van der Waals surface area contributed by atoms with Crippen molar-refractivity contribution in [2.75, 3.05) is 33.4 Å². The van der Waals surface area contributed by atoms with E-state index >= 15 is 0 Å². The standard InChI is InChI=1S/C29H40N2O8S/c1-20(2)18-31(40(34,35)24-11-9-22(36-3)10-12-24)19-26(32)25(15-21-7-5-4-6-8-21)30-29(33)39-23-16-27-28(17-23)38-14-13-37-27/h4-12,20,23,25-28,32H,13-19H2,1-3H3,(H,30,33)/t23-,25?,26-,27+,28-/m1/s1. The number of aliphatic hydroxyl groups excluding tert-OH is 1. The summed E-state index contributed by atoms with van der Waals surface area (Å²) < 4.78 is 50.8. The summed E-state index contributed by atoms with van der Waals surface area (Å²) in [7, 11) is -2.42. The lowest BCUT2D eigenvalue weighted by atomic mass is 10.0. The van der Waals surface area contributed by atoms with Gasteiger partial charge < -0.3 is 29.4 Å². The van der Waals surface area contributed by atoms with Crippen molar-refractivity contribution in [3.63, 3.8) is 0 Å². The molecule has 2 aromatic carbocycles. The second kappa shape index (κ2) is 13.8. The third-order valence-corrected chi connectivity index (χ3v) is 8.99. The van der Waals surface area contributed by atoms with Crippen LogP contribution in [0.2, 0.25) is 0 Å². The first-order valence-corrected chi connectivity index (χ1v) is 15.2. The first-order valence-electron chi connectivity index (χ1n) is 13.7. The summed E-state index contributed by atoms with van der Waals surface area (Å²) in [4.78, 5) is 13.1. The van der Waals surface area contributed by atoms with Gasteiger partial charge in [-0.25, -0.2) is 13.2 Å². The number of fused-ring (bicyclic) bond motifs is 1. The largest absolute Gasteiger partial charge is 0.497 e. The fourth-order valence-corrected chi connectivity index (χ4v) is 6.78. The number of rotatable bonds is 12. The van der Waals surface area contributed by atoms with Gasteiger partial charge in [-0.2, -0.15) is 4.31 Å². The molecular formula is C29H40N2O8S. The molecule has 0 radical (unpaired) electrons. The van der Waals surface area contributed by atoms with Crippen LogP contribution in [0.25, 0.3) is 0 Å². The number of aliphatic hydroxyl groups is 1. The first kappa shape index (κ1) is 30.3. The van der Waals surface area contributed by atoms with Gasteiger partial charge in [-0.3, -0.25) is 0 Å². The molecule has 2 fully saturated rings. The van der Waals surface area contributed by atoms with E-state index in [9.17, 15) is 18.3 Å². The molecular weight excluding hydrogens is 536 g/mol. The van der Waals surface area contributed by atoms with Crippen LogP contribution in [0.3, 0.4) is 0 Å². The highest BCUT2D eigenvalue weighted by Crippen LogP contribution is 2.30. The van der Waals surface area contributed by atoms with Crippen LogP contribution in [-0.4, -0.2) is 87.8 Å². The van der Waals surface area contributed by atoms with E-state index in [1.54, 1.807) is 12.1 Å². The van der Waals surface area contributed by atoms with Gasteiger partial charge >= 0.3 is 6.09 Å². The number of sulfonamides is 1. The van der Waals surface area contributed by atoms with Crippen molar-refractivity contribution in [1.29, 1.82) is 0 Å². The normalized spacial score (nSPS) is 22.5. The Morgan fingerprint density at radius 2 is 1.65 bits per heavy atom. The SMILES string of the molecule is COc1ccc(S(=O)(=O)N(CC(C)C)C[C@@H](O)C(Cc2ccccc2)NC(=O)O[C@@H]2C[C@@H]3OCCO[C@@H]3C2)cc1. The van der Waals surface area contributed by atoms with E-state index in [1.165, 1.54) is 23.5 Å². The van der Waals surface area contributed by atoms with Crippen molar-refractivity contribution in [2.45, 2.75) is 68.5 Å². The maximum Gasteiger partial charge on any atom is 0.407 e. The second-order valence-corrected chi connectivity index (χ2v) is 12.7. The van der Waals surface area contributed by atoms with Crippen LogP contribution < -0.4 is 10.1 Å². The van der Waals surface area contributed by atoms with Crippen LogP contribution >= 0.6 is 0 Å². The van der Waals surface area contributed by atoms with E-state index in [0.717, 1.165) is 5.56 Å². The van der Waals surface area contributed by atoms with Gasteiger partial charge in [-0.05, 0) is 42.2 Å². The number of methoxy groups -OCH3 is 1. The molecule has 1 saturated carbocycles. The Kier molecular flexibility index (Phi) is 10.4. The van der Waals surface area contributed by atoms with E-state index in [0.29, 0.717) is 31.8 Å². The number of hydrogen-bond donors (Lipinski definition) is 2. The minimum atomic E-state index is -3.94. The molecule has 10 nitrogen and oxygen atoms in total. The topological polar surface area (TPSA) is 124 Å². The highest BCUT2D eigenvalue weighted by atomic mass is 32.2. The zero-order valence-corrected chi connectivity index (χ0v) is 24.1. The van der Waals surface area contributed by atoms with E-state index < -0.39 is 28.3 Å². The fourth-order valence-electron chi connectivity index (χ4n) is 5.16. The third-order valence-electron chi connectivity index (χ3n) is 7.15. The average Bonchev–Trinajstić information content (AvgIpc) is 3.34. The summed E-state index contributed by atoms with van der Waals surface area (Å²) in [6.45, 7) is 4.85. The van der Waals surface area contributed by atoms with Gasteiger partial charge in [0.05, 0.1) is 49.6 Å². The number of benzene rings is 2. The predicted octanol–water partition coefficient (Wildman–Crippen LogP) is 2.99. The molecule has 0 bridgehead atoms. The molecule has 1 aliphatic carbocycles. The van der Waals surface area contributed by atoms with Crippen LogP contribution in [0.4, 0.5) is 4.79 Å². The van der Waals surface area contributed by atoms with Crippen molar-refractivity contribution in [3.05, 3.63) is 60.2 Å². The van der Waals surface area contributed by atoms with Crippen LogP contribution in [0.5, 0.6) is 5.75 Å². The molecule has 2 aromatic rings. The predicted molar refractivity (Wildman–Crippen MR) is 149 cm³/mol. The van der Waals surface area contributed by atoms with Gasteiger partial charge in [0.1, 0.15) is 11.9 Å². The molecule has 0 spiro atoms. The van der Waals surface area contributed by atoms with Gasteiger partial charge in [0, 0.05) is 25.9 Å². The van der Waals surface area contributed by atoms with Gasteiger partial charge in [-0.15, -0.1) is 0 Å². The Hall–Kier alpha value is -2.70. The van der Waals surface area contributed by atoms with Crippen molar-refractivity contribution >= 4 is 16.1 Å². The number of amides is 1. The number of nitrogens with zero attached hydrogens (tertiary/aromatic N) is 1. The zero-order valence-electron chi connectivity index (χ0n) is 23.3. The maximum atomic E-state index is 13.6. The fraction of sp³-hybridized carbons (Fsp3) is 0.552. The quantitative estimate of drug-likeness (QED) is 0.395. The zero-order chi connectivity index (χ0) is 28.7. The molecule has 5 atom stereocenters. The van der Waals surface area contributed by atoms with Crippen molar-refractivity contribution in [2.24, 2.45) is 5.92 Å². The number of carbonyl (C=O) groups is 1. The Balaban J connectivity index is 1.49. The van der Waals surface area contributed by atoms with E-state index in [1.807, 2.05) is 44.2 Å². The molecule has 0 aromatic heterocycles. The molecule has 220 valence electrons. The number of nitrogens with one attached hydrogen (secondary N) is 1.